The number of aryl methyl sites for hydroxylation is 1. The maximum Gasteiger partial charge on any atom is 0.315 e. The van der Waals surface area contributed by atoms with Crippen LogP contribution in [0.4, 0.5) is 0 Å². The lowest BCUT2D eigenvalue weighted by molar-refractivity contribution is -0.120. The number of nitrogens with one attached hydrogen (secondary N) is 1. The van der Waals surface area contributed by atoms with Crippen LogP contribution in [0.3, 0.4) is 0 Å². The van der Waals surface area contributed by atoms with Crippen LogP contribution in [0.5, 0.6) is 0 Å². The van der Waals surface area contributed by atoms with Crippen molar-refractivity contribution in [3.8, 4) is 0 Å². The molecule has 2 amide bonds. The molecule has 22 heavy (non-hydrogen) atoms. The van der Waals surface area contributed by atoms with Crippen LogP contribution in [-0.2, 0) is 11.3 Å². The zero-order valence-electron chi connectivity index (χ0n) is 12.2. The third-order valence-electron chi connectivity index (χ3n) is 2.80. The Bertz CT molecular complexity index is 669. The molecule has 0 aliphatic carbocycles. The topological polar surface area (TPSA) is 111 Å². The van der Waals surface area contributed by atoms with Gasteiger partial charge in [-0.05, 0) is 26.0 Å². The standard InChI is InChI=1S/C14H16N4O3S/c1-8-3-5-10(6-4-8)22-9(2)13(20)16-7-11-17-14(12(15)19)21-18-11/h3-6,9H,7H2,1-2H3,(H2,15,19)(H,16,20). The van der Waals surface area contributed by atoms with Gasteiger partial charge in [0.05, 0.1) is 11.8 Å². The van der Waals surface area contributed by atoms with Gasteiger partial charge >= 0.3 is 11.8 Å². The van der Waals surface area contributed by atoms with E-state index in [-0.39, 0.29) is 29.4 Å². The summed E-state index contributed by atoms with van der Waals surface area (Å²) in [6.45, 7) is 3.90. The first-order chi connectivity index (χ1) is 10.5. The molecule has 0 bridgehead atoms. The molecule has 0 spiro atoms. The van der Waals surface area contributed by atoms with Crippen LogP contribution in [0.25, 0.3) is 0 Å². The number of nitrogens with zero attached hydrogens (tertiary/aromatic N) is 2. The van der Waals surface area contributed by atoms with Gasteiger partial charge in [-0.3, -0.25) is 9.59 Å². The molecular weight excluding hydrogens is 304 g/mol. The molecule has 1 heterocycles. The summed E-state index contributed by atoms with van der Waals surface area (Å²) >= 11 is 1.46. The average molecular weight is 320 g/mol. The van der Waals surface area contributed by atoms with Crippen molar-refractivity contribution in [1.29, 1.82) is 0 Å². The van der Waals surface area contributed by atoms with Gasteiger partial charge in [-0.25, -0.2) is 0 Å². The lowest BCUT2D eigenvalue weighted by Gasteiger charge is -2.11. The Labute approximate surface area is 131 Å². The van der Waals surface area contributed by atoms with Gasteiger partial charge < -0.3 is 15.6 Å². The fourth-order valence-corrected chi connectivity index (χ4v) is 2.50. The van der Waals surface area contributed by atoms with Crippen LogP contribution in [-0.4, -0.2) is 27.2 Å². The summed E-state index contributed by atoms with van der Waals surface area (Å²) in [5.74, 6) is -1.02. The molecule has 0 fully saturated rings. The number of hydrogen-bond donors (Lipinski definition) is 2. The van der Waals surface area contributed by atoms with Crippen molar-refractivity contribution >= 4 is 23.6 Å². The minimum absolute atomic E-state index is 0.0778. The van der Waals surface area contributed by atoms with Gasteiger partial charge in [-0.2, -0.15) is 4.98 Å². The van der Waals surface area contributed by atoms with Crippen molar-refractivity contribution in [3.05, 3.63) is 41.5 Å². The van der Waals surface area contributed by atoms with E-state index in [9.17, 15) is 9.59 Å². The van der Waals surface area contributed by atoms with Crippen LogP contribution in [0, 0.1) is 6.92 Å². The maximum atomic E-state index is 12.0. The van der Waals surface area contributed by atoms with E-state index in [1.165, 1.54) is 17.3 Å². The Morgan fingerprint density at radius 1 is 1.36 bits per heavy atom. The number of thioether (sulfide) groups is 1. The number of primary amides is 1. The largest absolute Gasteiger partial charge is 0.361 e. The Morgan fingerprint density at radius 3 is 2.64 bits per heavy atom. The van der Waals surface area contributed by atoms with Gasteiger partial charge in [0.1, 0.15) is 0 Å². The summed E-state index contributed by atoms with van der Waals surface area (Å²) in [6, 6.07) is 7.94. The zero-order valence-corrected chi connectivity index (χ0v) is 13.0. The predicted molar refractivity (Wildman–Crippen MR) is 81.2 cm³/mol. The highest BCUT2D eigenvalue weighted by atomic mass is 32.2. The van der Waals surface area contributed by atoms with E-state index in [0.29, 0.717) is 0 Å². The summed E-state index contributed by atoms with van der Waals surface area (Å²) in [5, 5.41) is 5.97. The van der Waals surface area contributed by atoms with E-state index < -0.39 is 5.91 Å². The Hall–Kier alpha value is -2.35. The van der Waals surface area contributed by atoms with Crippen molar-refractivity contribution in [2.45, 2.75) is 30.5 Å². The highest BCUT2D eigenvalue weighted by Crippen LogP contribution is 2.23. The van der Waals surface area contributed by atoms with Gasteiger partial charge in [-0.15, -0.1) is 11.8 Å². The summed E-state index contributed by atoms with van der Waals surface area (Å²) in [4.78, 5) is 27.6. The maximum absolute atomic E-state index is 12.0. The molecule has 0 saturated carbocycles. The molecule has 1 unspecified atom stereocenters. The third kappa shape index (κ3) is 4.32. The van der Waals surface area contributed by atoms with Crippen molar-refractivity contribution in [2.24, 2.45) is 5.73 Å². The number of hydrogen-bond acceptors (Lipinski definition) is 6. The molecule has 3 N–H and O–H groups in total. The quantitative estimate of drug-likeness (QED) is 0.775. The van der Waals surface area contributed by atoms with Gasteiger partial charge in [0.2, 0.25) is 5.91 Å². The van der Waals surface area contributed by atoms with Crippen molar-refractivity contribution in [3.63, 3.8) is 0 Å². The Kier molecular flexibility index (Phi) is 5.16. The highest BCUT2D eigenvalue weighted by Gasteiger charge is 2.16. The number of nitrogens with two attached hydrogens (primary N) is 1. The molecule has 7 nitrogen and oxygen atoms in total. The Morgan fingerprint density at radius 2 is 2.05 bits per heavy atom. The van der Waals surface area contributed by atoms with Crippen LogP contribution >= 0.6 is 11.8 Å². The molecule has 0 saturated heterocycles. The molecule has 2 aromatic rings. The van der Waals surface area contributed by atoms with E-state index in [2.05, 4.69) is 20.0 Å². The number of carbonyl (C=O) groups excluding carboxylic acids is 2. The lowest BCUT2D eigenvalue weighted by Crippen LogP contribution is -2.30. The van der Waals surface area contributed by atoms with E-state index in [1.54, 1.807) is 0 Å². The van der Waals surface area contributed by atoms with Crippen molar-refractivity contribution in [2.75, 3.05) is 0 Å². The molecule has 116 valence electrons. The van der Waals surface area contributed by atoms with Crippen molar-refractivity contribution < 1.29 is 14.1 Å². The average Bonchev–Trinajstić information content (AvgIpc) is 2.96. The van der Waals surface area contributed by atoms with Crippen molar-refractivity contribution in [1.82, 2.24) is 15.5 Å². The number of carbonyl (C=O) groups is 2. The van der Waals surface area contributed by atoms with Gasteiger partial charge in [0.25, 0.3) is 0 Å². The first-order valence-corrected chi connectivity index (χ1v) is 7.47. The molecule has 8 heteroatoms. The molecule has 0 aliphatic rings. The number of aromatic nitrogens is 2. The van der Waals surface area contributed by atoms with Gasteiger partial charge in [-0.1, -0.05) is 22.9 Å². The summed E-state index contributed by atoms with van der Waals surface area (Å²) in [5.41, 5.74) is 6.17. The second-order valence-electron chi connectivity index (χ2n) is 4.67. The number of rotatable bonds is 6. The van der Waals surface area contributed by atoms with Crippen LogP contribution in [0.1, 0.15) is 29.0 Å². The molecule has 1 aromatic heterocycles. The molecular formula is C14H16N4O3S. The third-order valence-corrected chi connectivity index (χ3v) is 3.91. The minimum Gasteiger partial charge on any atom is -0.361 e. The van der Waals surface area contributed by atoms with Gasteiger partial charge in [0.15, 0.2) is 5.82 Å². The van der Waals surface area contributed by atoms with Crippen LogP contribution in [0.15, 0.2) is 33.7 Å². The second kappa shape index (κ2) is 7.08. The molecule has 1 aromatic carbocycles. The highest BCUT2D eigenvalue weighted by molar-refractivity contribution is 8.00. The van der Waals surface area contributed by atoms with Crippen LogP contribution < -0.4 is 11.1 Å². The van der Waals surface area contributed by atoms with E-state index in [4.69, 9.17) is 5.73 Å². The van der Waals surface area contributed by atoms with Crippen LogP contribution in [0.2, 0.25) is 0 Å². The van der Waals surface area contributed by atoms with E-state index in [0.717, 1.165) is 4.90 Å². The second-order valence-corrected chi connectivity index (χ2v) is 6.09. The molecule has 0 radical (unpaired) electrons. The molecule has 1 atom stereocenters. The summed E-state index contributed by atoms with van der Waals surface area (Å²) in [7, 11) is 0. The summed E-state index contributed by atoms with van der Waals surface area (Å²) < 4.78 is 4.63. The molecule has 2 rings (SSSR count). The lowest BCUT2D eigenvalue weighted by atomic mass is 10.2. The van der Waals surface area contributed by atoms with E-state index >= 15 is 0 Å². The monoisotopic (exact) mass is 320 g/mol. The number of benzene rings is 1. The SMILES string of the molecule is Cc1ccc(SC(C)C(=O)NCc2noc(C(N)=O)n2)cc1. The number of amides is 2. The zero-order chi connectivity index (χ0) is 16.1. The van der Waals surface area contributed by atoms with Gasteiger partial charge in [0, 0.05) is 4.90 Å². The normalized spacial score (nSPS) is 11.9. The smallest absolute Gasteiger partial charge is 0.315 e. The fraction of sp³-hybridized carbons (Fsp3) is 0.286. The predicted octanol–water partition coefficient (Wildman–Crippen LogP) is 1.27. The van der Waals surface area contributed by atoms with E-state index in [1.807, 2.05) is 38.1 Å². The Balaban J connectivity index is 1.85. The molecule has 0 aliphatic heterocycles. The first kappa shape index (κ1) is 16.0. The summed E-state index contributed by atoms with van der Waals surface area (Å²) in [6.07, 6.45) is 0. The minimum atomic E-state index is -0.798. The fourth-order valence-electron chi connectivity index (χ4n) is 1.61. The first-order valence-electron chi connectivity index (χ1n) is 6.59.